The molecule has 2 aliphatic heterocycles. The summed E-state index contributed by atoms with van der Waals surface area (Å²) in [5.74, 6) is 0. The van der Waals surface area contributed by atoms with Crippen LogP contribution in [0.15, 0.2) is 0 Å². The molecule has 2 fully saturated rings. The molecule has 0 aliphatic carbocycles. The standard InChI is InChI=1S/C8H12N2O/c9-3-4-10-7-5-6-1-2-8(7)11-6/h6-8,10H,1-2,4-5H2. The smallest absolute Gasteiger partial charge is 0.0843 e. The van der Waals surface area contributed by atoms with Gasteiger partial charge in [0.05, 0.1) is 24.8 Å². The maximum absolute atomic E-state index is 8.34. The second kappa shape index (κ2) is 2.80. The van der Waals surface area contributed by atoms with Gasteiger partial charge in [0.25, 0.3) is 0 Å². The monoisotopic (exact) mass is 152 g/mol. The Morgan fingerprint density at radius 3 is 3.00 bits per heavy atom. The van der Waals surface area contributed by atoms with Gasteiger partial charge in [-0.05, 0) is 19.3 Å². The van der Waals surface area contributed by atoms with Crippen molar-refractivity contribution in [3.05, 3.63) is 0 Å². The van der Waals surface area contributed by atoms with Gasteiger partial charge in [0, 0.05) is 6.04 Å². The molecule has 11 heavy (non-hydrogen) atoms. The van der Waals surface area contributed by atoms with Gasteiger partial charge in [0.15, 0.2) is 0 Å². The van der Waals surface area contributed by atoms with Gasteiger partial charge >= 0.3 is 0 Å². The highest BCUT2D eigenvalue weighted by molar-refractivity contribution is 4.95. The third-order valence-electron chi connectivity index (χ3n) is 2.55. The summed E-state index contributed by atoms with van der Waals surface area (Å²) in [7, 11) is 0. The first-order valence-electron chi connectivity index (χ1n) is 4.16. The summed E-state index contributed by atoms with van der Waals surface area (Å²) >= 11 is 0. The van der Waals surface area contributed by atoms with Crippen molar-refractivity contribution in [3.8, 4) is 6.07 Å². The molecule has 3 unspecified atom stereocenters. The second-order valence-electron chi connectivity index (χ2n) is 3.26. The molecule has 0 aromatic carbocycles. The largest absolute Gasteiger partial charge is 0.373 e. The highest BCUT2D eigenvalue weighted by atomic mass is 16.5. The lowest BCUT2D eigenvalue weighted by Crippen LogP contribution is -2.37. The fourth-order valence-corrected chi connectivity index (χ4v) is 2.03. The minimum Gasteiger partial charge on any atom is -0.373 e. The van der Waals surface area contributed by atoms with Crippen LogP contribution in [0.3, 0.4) is 0 Å². The molecule has 0 aromatic heterocycles. The Labute approximate surface area is 66.3 Å². The summed E-state index contributed by atoms with van der Waals surface area (Å²) < 4.78 is 5.61. The van der Waals surface area contributed by atoms with E-state index in [1.165, 1.54) is 12.8 Å². The molecule has 2 bridgehead atoms. The topological polar surface area (TPSA) is 45.0 Å². The molecule has 3 atom stereocenters. The van der Waals surface area contributed by atoms with E-state index in [9.17, 15) is 0 Å². The summed E-state index contributed by atoms with van der Waals surface area (Å²) in [4.78, 5) is 0. The molecule has 0 amide bonds. The van der Waals surface area contributed by atoms with Crippen molar-refractivity contribution < 1.29 is 4.74 Å². The summed E-state index contributed by atoms with van der Waals surface area (Å²) in [6, 6.07) is 2.54. The van der Waals surface area contributed by atoms with Gasteiger partial charge in [0.2, 0.25) is 0 Å². The number of hydrogen-bond donors (Lipinski definition) is 1. The molecule has 2 aliphatic rings. The zero-order chi connectivity index (χ0) is 7.68. The number of nitrogens with one attached hydrogen (secondary N) is 1. The van der Waals surface area contributed by atoms with Crippen LogP contribution < -0.4 is 5.32 Å². The first-order chi connectivity index (χ1) is 5.40. The number of nitriles is 1. The number of rotatable bonds is 2. The Kier molecular flexibility index (Phi) is 1.80. The van der Waals surface area contributed by atoms with Crippen LogP contribution in [0.1, 0.15) is 19.3 Å². The molecule has 2 saturated heterocycles. The van der Waals surface area contributed by atoms with Crippen LogP contribution in [-0.2, 0) is 4.74 Å². The fraction of sp³-hybridized carbons (Fsp3) is 0.875. The Morgan fingerprint density at radius 2 is 2.45 bits per heavy atom. The Bertz CT molecular complexity index is 187. The van der Waals surface area contributed by atoms with Gasteiger partial charge in [-0.1, -0.05) is 0 Å². The summed E-state index contributed by atoms with van der Waals surface area (Å²) in [6.45, 7) is 0.456. The molecule has 2 rings (SSSR count). The van der Waals surface area contributed by atoms with Crippen molar-refractivity contribution in [2.45, 2.75) is 37.5 Å². The van der Waals surface area contributed by atoms with E-state index in [2.05, 4.69) is 11.4 Å². The van der Waals surface area contributed by atoms with E-state index < -0.39 is 0 Å². The molecule has 0 radical (unpaired) electrons. The van der Waals surface area contributed by atoms with Gasteiger partial charge in [-0.25, -0.2) is 0 Å². The molecule has 60 valence electrons. The van der Waals surface area contributed by atoms with Gasteiger partial charge in [-0.2, -0.15) is 5.26 Å². The normalized spacial score (nSPS) is 40.8. The number of ether oxygens (including phenoxy) is 1. The highest BCUT2D eigenvalue weighted by Gasteiger charge is 2.40. The zero-order valence-electron chi connectivity index (χ0n) is 6.42. The third kappa shape index (κ3) is 1.24. The molecule has 2 heterocycles. The maximum Gasteiger partial charge on any atom is 0.0843 e. The molecule has 0 aromatic rings. The van der Waals surface area contributed by atoms with Gasteiger partial charge in [-0.3, -0.25) is 5.32 Å². The van der Waals surface area contributed by atoms with Crippen molar-refractivity contribution in [2.24, 2.45) is 0 Å². The molecule has 1 N–H and O–H groups in total. The van der Waals surface area contributed by atoms with Crippen LogP contribution in [0.5, 0.6) is 0 Å². The minimum absolute atomic E-state index is 0.397. The van der Waals surface area contributed by atoms with E-state index in [1.54, 1.807) is 0 Å². The summed E-state index contributed by atoms with van der Waals surface area (Å²) in [6.07, 6.45) is 4.37. The Balaban J connectivity index is 1.84. The average Bonchev–Trinajstić information content (AvgIpc) is 2.60. The van der Waals surface area contributed by atoms with Crippen molar-refractivity contribution in [1.29, 1.82) is 5.26 Å². The summed E-state index contributed by atoms with van der Waals surface area (Å²) in [5, 5.41) is 11.5. The van der Waals surface area contributed by atoms with E-state index >= 15 is 0 Å². The highest BCUT2D eigenvalue weighted by Crippen LogP contribution is 2.33. The molecule has 3 heteroatoms. The van der Waals surface area contributed by atoms with Gasteiger partial charge in [0.1, 0.15) is 0 Å². The minimum atomic E-state index is 0.397. The maximum atomic E-state index is 8.34. The Hall–Kier alpha value is -0.590. The first kappa shape index (κ1) is 7.08. The van der Waals surface area contributed by atoms with Crippen LogP contribution in [0.25, 0.3) is 0 Å². The van der Waals surface area contributed by atoms with Crippen LogP contribution in [-0.4, -0.2) is 24.8 Å². The molecule has 3 nitrogen and oxygen atoms in total. The lowest BCUT2D eigenvalue weighted by atomic mass is 9.96. The predicted octanol–water partition coefficient (Wildman–Crippen LogP) is 0.419. The van der Waals surface area contributed by atoms with E-state index in [0.29, 0.717) is 24.8 Å². The molecular weight excluding hydrogens is 140 g/mol. The predicted molar refractivity (Wildman–Crippen MR) is 39.9 cm³/mol. The number of hydrogen-bond acceptors (Lipinski definition) is 3. The fourth-order valence-electron chi connectivity index (χ4n) is 2.03. The number of nitrogens with zero attached hydrogens (tertiary/aromatic N) is 1. The van der Waals surface area contributed by atoms with Crippen molar-refractivity contribution in [3.63, 3.8) is 0 Å². The second-order valence-corrected chi connectivity index (χ2v) is 3.26. The molecular formula is C8H12N2O. The van der Waals surface area contributed by atoms with Gasteiger partial charge in [-0.15, -0.1) is 0 Å². The molecule has 0 saturated carbocycles. The third-order valence-corrected chi connectivity index (χ3v) is 2.55. The van der Waals surface area contributed by atoms with E-state index in [4.69, 9.17) is 10.00 Å². The van der Waals surface area contributed by atoms with Crippen LogP contribution in [0, 0.1) is 11.3 Å². The average molecular weight is 152 g/mol. The molecule has 0 spiro atoms. The van der Waals surface area contributed by atoms with E-state index in [-0.39, 0.29) is 0 Å². The van der Waals surface area contributed by atoms with Crippen molar-refractivity contribution in [2.75, 3.05) is 6.54 Å². The van der Waals surface area contributed by atoms with Crippen LogP contribution in [0.4, 0.5) is 0 Å². The first-order valence-corrected chi connectivity index (χ1v) is 4.16. The summed E-state index contributed by atoms with van der Waals surface area (Å²) in [5.41, 5.74) is 0. The quantitative estimate of drug-likeness (QED) is 0.583. The Morgan fingerprint density at radius 1 is 1.55 bits per heavy atom. The van der Waals surface area contributed by atoms with E-state index in [1.807, 2.05) is 0 Å². The van der Waals surface area contributed by atoms with Crippen molar-refractivity contribution in [1.82, 2.24) is 5.32 Å². The van der Waals surface area contributed by atoms with Gasteiger partial charge < -0.3 is 4.74 Å². The zero-order valence-corrected chi connectivity index (χ0v) is 6.42. The number of fused-ring (bicyclic) bond motifs is 2. The van der Waals surface area contributed by atoms with Crippen molar-refractivity contribution >= 4 is 0 Å². The lowest BCUT2D eigenvalue weighted by Gasteiger charge is -2.17. The van der Waals surface area contributed by atoms with Crippen LogP contribution >= 0.6 is 0 Å². The van der Waals surface area contributed by atoms with Crippen LogP contribution in [0.2, 0.25) is 0 Å². The lowest BCUT2D eigenvalue weighted by molar-refractivity contribution is 0.0979. The van der Waals surface area contributed by atoms with E-state index in [0.717, 1.165) is 6.42 Å². The SMILES string of the molecule is N#CCNC1CC2CCC1O2.